The summed E-state index contributed by atoms with van der Waals surface area (Å²) >= 11 is 1.67. The summed E-state index contributed by atoms with van der Waals surface area (Å²) in [7, 11) is 0. The first-order valence-corrected chi connectivity index (χ1v) is 11.5. The lowest BCUT2D eigenvalue weighted by Crippen LogP contribution is -2.20. The van der Waals surface area contributed by atoms with Crippen LogP contribution in [0.2, 0.25) is 0 Å². The number of fused-ring (bicyclic) bond motifs is 1. The molecule has 0 aromatic heterocycles. The quantitative estimate of drug-likeness (QED) is 0.345. The van der Waals surface area contributed by atoms with Gasteiger partial charge in [-0.15, -0.1) is 0 Å². The van der Waals surface area contributed by atoms with Gasteiger partial charge in [0.05, 0.1) is 12.7 Å². The Morgan fingerprint density at radius 2 is 1.32 bits per heavy atom. The van der Waals surface area contributed by atoms with Gasteiger partial charge in [0.25, 0.3) is 0 Å². The molecule has 31 heavy (non-hydrogen) atoms. The summed E-state index contributed by atoms with van der Waals surface area (Å²) in [5, 5.41) is 22.5. The van der Waals surface area contributed by atoms with Crippen molar-refractivity contribution in [3.63, 3.8) is 0 Å². The van der Waals surface area contributed by atoms with E-state index in [9.17, 15) is 10.2 Å². The molecule has 0 heterocycles. The van der Waals surface area contributed by atoms with Gasteiger partial charge in [0.2, 0.25) is 0 Å². The molecule has 4 aromatic rings. The predicted molar refractivity (Wildman–Crippen MR) is 128 cm³/mol. The largest absolute Gasteiger partial charge is 0.507 e. The highest BCUT2D eigenvalue weighted by Gasteiger charge is 2.16. The Labute approximate surface area is 187 Å². The Morgan fingerprint density at radius 3 is 2.00 bits per heavy atom. The van der Waals surface area contributed by atoms with Crippen LogP contribution in [0.15, 0.2) is 97.1 Å². The predicted octanol–water partition coefficient (Wildman–Crippen LogP) is 5.95. The van der Waals surface area contributed by atoms with E-state index < -0.39 is 6.10 Å². The first-order chi connectivity index (χ1) is 15.2. The van der Waals surface area contributed by atoms with Gasteiger partial charge in [-0.05, 0) is 28.1 Å². The molecule has 3 nitrogen and oxygen atoms in total. The van der Waals surface area contributed by atoms with Gasteiger partial charge in [-0.1, -0.05) is 91.0 Å². The number of aromatic hydroxyl groups is 1. The van der Waals surface area contributed by atoms with Crippen LogP contribution in [0.4, 0.5) is 0 Å². The van der Waals surface area contributed by atoms with E-state index in [1.54, 1.807) is 17.8 Å². The van der Waals surface area contributed by atoms with Crippen molar-refractivity contribution < 1.29 is 14.9 Å². The molecular weight excluding hydrogens is 404 g/mol. The Kier molecular flexibility index (Phi) is 7.26. The monoisotopic (exact) mass is 430 g/mol. The third-order valence-electron chi connectivity index (χ3n) is 5.22. The maximum atomic E-state index is 10.5. The molecule has 2 N–H and O–H groups in total. The third-order valence-corrected chi connectivity index (χ3v) is 6.35. The van der Waals surface area contributed by atoms with E-state index >= 15 is 0 Å². The number of thioether (sulfide) groups is 1. The average Bonchev–Trinajstić information content (AvgIpc) is 2.81. The maximum absolute atomic E-state index is 10.5. The van der Waals surface area contributed by atoms with Crippen LogP contribution in [0.25, 0.3) is 10.8 Å². The molecule has 158 valence electrons. The topological polar surface area (TPSA) is 49.7 Å². The smallest absolute Gasteiger partial charge is 0.123 e. The summed E-state index contributed by atoms with van der Waals surface area (Å²) in [5.41, 5.74) is 3.30. The van der Waals surface area contributed by atoms with Crippen LogP contribution >= 0.6 is 11.8 Å². The molecule has 4 heteroatoms. The molecule has 1 unspecified atom stereocenters. The van der Waals surface area contributed by atoms with Gasteiger partial charge >= 0.3 is 0 Å². The summed E-state index contributed by atoms with van der Waals surface area (Å²) in [6.07, 6.45) is -0.772. The fraction of sp³-hybridized carbons (Fsp3) is 0.185. The summed E-state index contributed by atoms with van der Waals surface area (Å²) in [5.74, 6) is 1.63. The third kappa shape index (κ3) is 5.47. The van der Waals surface area contributed by atoms with Crippen molar-refractivity contribution in [1.29, 1.82) is 0 Å². The highest BCUT2D eigenvalue weighted by Crippen LogP contribution is 2.29. The second-order valence-corrected chi connectivity index (χ2v) is 8.52. The fourth-order valence-electron chi connectivity index (χ4n) is 3.69. The lowest BCUT2D eigenvalue weighted by Gasteiger charge is -2.21. The second-order valence-electron chi connectivity index (χ2n) is 7.49. The SMILES string of the molecule is Oc1cccc2c(CSCC(O)COC(c3ccccc3)c3ccccc3)cccc12. The van der Waals surface area contributed by atoms with Crippen molar-refractivity contribution in [1.82, 2.24) is 0 Å². The summed E-state index contributed by atoms with van der Waals surface area (Å²) in [6.45, 7) is 0.262. The van der Waals surface area contributed by atoms with Gasteiger partial charge in [0.15, 0.2) is 0 Å². The molecule has 0 aliphatic heterocycles. The zero-order valence-corrected chi connectivity index (χ0v) is 18.0. The van der Waals surface area contributed by atoms with Crippen molar-refractivity contribution in [3.05, 3.63) is 114 Å². The number of hydrogen-bond donors (Lipinski definition) is 2. The van der Waals surface area contributed by atoms with E-state index in [-0.39, 0.29) is 12.7 Å². The molecule has 0 saturated heterocycles. The zero-order valence-electron chi connectivity index (χ0n) is 17.2. The van der Waals surface area contributed by atoms with Gasteiger partial charge in [0.1, 0.15) is 11.9 Å². The van der Waals surface area contributed by atoms with Gasteiger partial charge < -0.3 is 14.9 Å². The molecule has 0 amide bonds. The van der Waals surface area contributed by atoms with Crippen LogP contribution < -0.4 is 0 Å². The molecule has 4 aromatic carbocycles. The minimum atomic E-state index is -0.566. The van der Waals surface area contributed by atoms with E-state index in [4.69, 9.17) is 4.74 Å². The molecule has 0 aliphatic rings. The Bertz CT molecular complexity index is 1060. The van der Waals surface area contributed by atoms with Crippen molar-refractivity contribution in [2.75, 3.05) is 12.4 Å². The minimum absolute atomic E-state index is 0.205. The average molecular weight is 431 g/mol. The van der Waals surface area contributed by atoms with E-state index in [1.165, 1.54) is 0 Å². The van der Waals surface area contributed by atoms with Crippen LogP contribution in [0.3, 0.4) is 0 Å². The minimum Gasteiger partial charge on any atom is -0.507 e. The number of aliphatic hydroxyl groups excluding tert-OH is 1. The Balaban J connectivity index is 1.35. The summed E-state index contributed by atoms with van der Waals surface area (Å²) in [4.78, 5) is 0. The van der Waals surface area contributed by atoms with Crippen molar-refractivity contribution in [2.24, 2.45) is 0 Å². The van der Waals surface area contributed by atoms with Crippen molar-refractivity contribution >= 4 is 22.5 Å². The van der Waals surface area contributed by atoms with Crippen molar-refractivity contribution in [3.8, 4) is 5.75 Å². The first-order valence-electron chi connectivity index (χ1n) is 10.4. The molecule has 1 atom stereocenters. The number of phenols is 1. The number of rotatable bonds is 9. The van der Waals surface area contributed by atoms with Crippen LogP contribution in [0.5, 0.6) is 5.75 Å². The molecule has 0 bridgehead atoms. The molecular formula is C27H26O3S. The first kappa shape index (κ1) is 21.4. The number of hydrogen-bond acceptors (Lipinski definition) is 4. The van der Waals surface area contributed by atoms with E-state index in [2.05, 4.69) is 30.3 Å². The van der Waals surface area contributed by atoms with Crippen LogP contribution in [0, 0.1) is 0 Å². The number of aliphatic hydroxyl groups is 1. The second kappa shape index (κ2) is 10.5. The highest BCUT2D eigenvalue weighted by atomic mass is 32.2. The molecule has 0 aliphatic carbocycles. The van der Waals surface area contributed by atoms with Crippen LogP contribution in [-0.2, 0) is 10.5 Å². The normalized spacial score (nSPS) is 12.3. The zero-order chi connectivity index (χ0) is 21.5. The van der Waals surface area contributed by atoms with E-state index in [1.807, 2.05) is 60.7 Å². The Hall–Kier alpha value is -2.79. The summed E-state index contributed by atoms with van der Waals surface area (Å²) < 4.78 is 6.17. The standard InChI is InChI=1S/C27H26O3S/c28-23(19-31-18-22-13-7-15-25-24(22)14-8-16-26(25)29)17-30-27(20-9-3-1-4-10-20)21-11-5-2-6-12-21/h1-16,23,27-29H,17-19H2. The number of phenolic OH excluding ortho intramolecular Hbond substituents is 1. The van der Waals surface area contributed by atoms with E-state index in [0.29, 0.717) is 11.5 Å². The maximum Gasteiger partial charge on any atom is 0.123 e. The van der Waals surface area contributed by atoms with Gasteiger partial charge in [-0.25, -0.2) is 0 Å². The Morgan fingerprint density at radius 1 is 0.710 bits per heavy atom. The number of ether oxygens (including phenoxy) is 1. The fourth-order valence-corrected chi connectivity index (χ4v) is 4.64. The molecule has 0 fully saturated rings. The van der Waals surface area contributed by atoms with Crippen LogP contribution in [-0.4, -0.2) is 28.7 Å². The molecule has 0 saturated carbocycles. The van der Waals surface area contributed by atoms with Crippen molar-refractivity contribution in [2.45, 2.75) is 18.0 Å². The van der Waals surface area contributed by atoms with Gasteiger partial charge in [0, 0.05) is 16.9 Å². The van der Waals surface area contributed by atoms with E-state index in [0.717, 1.165) is 33.2 Å². The molecule has 0 radical (unpaired) electrons. The van der Waals surface area contributed by atoms with Gasteiger partial charge in [-0.2, -0.15) is 11.8 Å². The van der Waals surface area contributed by atoms with Crippen LogP contribution in [0.1, 0.15) is 22.8 Å². The summed E-state index contributed by atoms with van der Waals surface area (Å²) in [6, 6.07) is 31.7. The molecule has 0 spiro atoms. The lowest BCUT2D eigenvalue weighted by atomic mass is 10.0. The number of benzene rings is 4. The highest BCUT2D eigenvalue weighted by molar-refractivity contribution is 7.98. The molecule has 4 rings (SSSR count). The lowest BCUT2D eigenvalue weighted by molar-refractivity contribution is 0.0155. The van der Waals surface area contributed by atoms with Gasteiger partial charge in [-0.3, -0.25) is 0 Å².